The number of anilines is 2. The largest absolute Gasteiger partial charge is 0.487 e. The monoisotopic (exact) mass is 399 g/mol. The highest BCUT2D eigenvalue weighted by atomic mass is 32.2. The number of hydrogen-bond donors (Lipinski definition) is 2. The van der Waals surface area contributed by atoms with Gasteiger partial charge in [-0.25, -0.2) is 23.5 Å². The zero-order valence-corrected chi connectivity index (χ0v) is 16.2. The van der Waals surface area contributed by atoms with Gasteiger partial charge in [0.1, 0.15) is 17.4 Å². The highest BCUT2D eigenvalue weighted by Crippen LogP contribution is 2.27. The van der Waals surface area contributed by atoms with Crippen LogP contribution < -0.4 is 15.2 Å². The minimum Gasteiger partial charge on any atom is -0.487 e. The smallest absolute Gasteiger partial charge is 0.238 e. The summed E-state index contributed by atoms with van der Waals surface area (Å²) >= 11 is 0. The van der Waals surface area contributed by atoms with E-state index in [0.717, 1.165) is 36.2 Å². The Morgan fingerprint density at radius 1 is 1.21 bits per heavy atom. The SMILES string of the molecule is CN1CC[C@@H](Oc2cccc3cnc(Nc4ccc(S(N)(=O)=O)cc4)nc23)C1. The number of benzene rings is 2. The van der Waals surface area contributed by atoms with Crippen LogP contribution in [0.25, 0.3) is 10.9 Å². The number of hydrogen-bond acceptors (Lipinski definition) is 7. The van der Waals surface area contributed by atoms with Crippen LogP contribution in [-0.4, -0.2) is 49.5 Å². The van der Waals surface area contributed by atoms with Gasteiger partial charge in [0.15, 0.2) is 0 Å². The molecule has 1 saturated heterocycles. The molecule has 4 rings (SSSR count). The molecule has 1 aromatic heterocycles. The van der Waals surface area contributed by atoms with Crippen molar-refractivity contribution in [2.75, 3.05) is 25.5 Å². The van der Waals surface area contributed by atoms with Crippen LogP contribution in [0.5, 0.6) is 5.75 Å². The zero-order chi connectivity index (χ0) is 19.7. The van der Waals surface area contributed by atoms with E-state index in [2.05, 4.69) is 27.2 Å². The fourth-order valence-electron chi connectivity index (χ4n) is 3.21. The number of primary sulfonamides is 1. The van der Waals surface area contributed by atoms with Crippen molar-refractivity contribution in [1.82, 2.24) is 14.9 Å². The lowest BCUT2D eigenvalue weighted by Gasteiger charge is -2.15. The summed E-state index contributed by atoms with van der Waals surface area (Å²) in [6, 6.07) is 11.9. The highest BCUT2D eigenvalue weighted by molar-refractivity contribution is 7.89. The predicted octanol–water partition coefficient (Wildman–Crippen LogP) is 2.10. The maximum atomic E-state index is 11.4. The third-order valence-electron chi connectivity index (χ3n) is 4.65. The second-order valence-electron chi connectivity index (χ2n) is 6.87. The molecule has 9 heteroatoms. The number of likely N-dealkylation sites (N-methyl/N-ethyl adjacent to an activating group) is 1. The molecule has 8 nitrogen and oxygen atoms in total. The van der Waals surface area contributed by atoms with E-state index in [4.69, 9.17) is 9.88 Å². The summed E-state index contributed by atoms with van der Waals surface area (Å²) in [5.74, 6) is 1.13. The second-order valence-corrected chi connectivity index (χ2v) is 8.43. The van der Waals surface area contributed by atoms with Crippen LogP contribution >= 0.6 is 0 Å². The second kappa shape index (κ2) is 7.34. The van der Waals surface area contributed by atoms with E-state index in [1.54, 1.807) is 18.3 Å². The number of aromatic nitrogens is 2. The minimum atomic E-state index is -3.72. The van der Waals surface area contributed by atoms with Crippen LogP contribution in [0.2, 0.25) is 0 Å². The Morgan fingerprint density at radius 2 is 2.00 bits per heavy atom. The van der Waals surface area contributed by atoms with E-state index >= 15 is 0 Å². The van der Waals surface area contributed by atoms with Crippen LogP contribution in [-0.2, 0) is 10.0 Å². The Labute approximate surface area is 163 Å². The maximum Gasteiger partial charge on any atom is 0.238 e. The van der Waals surface area contributed by atoms with E-state index < -0.39 is 10.0 Å². The normalized spacial score (nSPS) is 17.7. The molecule has 1 aliphatic rings. The molecular weight excluding hydrogens is 378 g/mol. The molecule has 2 aromatic carbocycles. The van der Waals surface area contributed by atoms with Crippen LogP contribution in [0.15, 0.2) is 53.6 Å². The third-order valence-corrected chi connectivity index (χ3v) is 5.58. The van der Waals surface area contributed by atoms with Crippen molar-refractivity contribution in [1.29, 1.82) is 0 Å². The average molecular weight is 399 g/mol. The molecule has 0 radical (unpaired) electrons. The van der Waals surface area contributed by atoms with E-state index in [-0.39, 0.29) is 11.0 Å². The summed E-state index contributed by atoms with van der Waals surface area (Å²) in [6.07, 6.45) is 2.86. The lowest BCUT2D eigenvalue weighted by molar-refractivity contribution is 0.210. The summed E-state index contributed by atoms with van der Waals surface area (Å²) in [5, 5.41) is 9.09. The van der Waals surface area contributed by atoms with Crippen molar-refractivity contribution in [3.63, 3.8) is 0 Å². The van der Waals surface area contributed by atoms with Gasteiger partial charge in [-0.15, -0.1) is 0 Å². The summed E-state index contributed by atoms with van der Waals surface area (Å²) < 4.78 is 28.9. The lowest BCUT2D eigenvalue weighted by atomic mass is 10.2. The first-order chi connectivity index (χ1) is 13.4. The van der Waals surface area contributed by atoms with Gasteiger partial charge in [0.25, 0.3) is 0 Å². The molecule has 2 heterocycles. The number of para-hydroxylation sites is 1. The van der Waals surface area contributed by atoms with Crippen molar-refractivity contribution in [2.45, 2.75) is 17.4 Å². The first-order valence-corrected chi connectivity index (χ1v) is 10.4. The lowest BCUT2D eigenvalue weighted by Crippen LogP contribution is -2.21. The predicted molar refractivity (Wildman–Crippen MR) is 107 cm³/mol. The van der Waals surface area contributed by atoms with Gasteiger partial charge in [0.05, 0.1) is 4.90 Å². The molecular formula is C19H21N5O3S. The van der Waals surface area contributed by atoms with Crippen LogP contribution in [0.1, 0.15) is 6.42 Å². The van der Waals surface area contributed by atoms with Crippen molar-refractivity contribution in [2.24, 2.45) is 5.14 Å². The molecule has 0 bridgehead atoms. The molecule has 1 aliphatic heterocycles. The number of ether oxygens (including phenoxy) is 1. The van der Waals surface area contributed by atoms with Gasteiger partial charge < -0.3 is 15.0 Å². The molecule has 0 unspecified atom stereocenters. The number of fused-ring (bicyclic) bond motifs is 1. The molecule has 0 aliphatic carbocycles. The number of rotatable bonds is 5. The molecule has 28 heavy (non-hydrogen) atoms. The van der Waals surface area contributed by atoms with Gasteiger partial charge in [-0.1, -0.05) is 12.1 Å². The number of nitrogens with zero attached hydrogens (tertiary/aromatic N) is 3. The van der Waals surface area contributed by atoms with Crippen LogP contribution in [0, 0.1) is 0 Å². The third kappa shape index (κ3) is 4.06. The Morgan fingerprint density at radius 3 is 2.68 bits per heavy atom. The Balaban J connectivity index is 1.59. The minimum absolute atomic E-state index is 0.0506. The molecule has 1 atom stereocenters. The fraction of sp³-hybridized carbons (Fsp3) is 0.263. The number of nitrogens with one attached hydrogen (secondary N) is 1. The summed E-state index contributed by atoms with van der Waals surface area (Å²) in [7, 11) is -1.64. The first-order valence-electron chi connectivity index (χ1n) is 8.89. The summed E-state index contributed by atoms with van der Waals surface area (Å²) in [4.78, 5) is 11.2. The number of nitrogens with two attached hydrogens (primary N) is 1. The fourth-order valence-corrected chi connectivity index (χ4v) is 3.73. The Hall–Kier alpha value is -2.75. The summed E-state index contributed by atoms with van der Waals surface area (Å²) in [5.41, 5.74) is 1.39. The van der Waals surface area contributed by atoms with Gasteiger partial charge >= 0.3 is 0 Å². The van der Waals surface area contributed by atoms with Crippen molar-refractivity contribution in [3.05, 3.63) is 48.7 Å². The number of sulfonamides is 1. The first kappa shape index (κ1) is 18.6. The van der Waals surface area contributed by atoms with E-state index in [0.29, 0.717) is 11.6 Å². The molecule has 0 spiro atoms. The molecule has 3 aromatic rings. The van der Waals surface area contributed by atoms with Crippen molar-refractivity contribution in [3.8, 4) is 5.75 Å². The van der Waals surface area contributed by atoms with Gasteiger partial charge in [-0.2, -0.15) is 0 Å². The van der Waals surface area contributed by atoms with E-state index in [9.17, 15) is 8.42 Å². The maximum absolute atomic E-state index is 11.4. The van der Waals surface area contributed by atoms with Crippen molar-refractivity contribution < 1.29 is 13.2 Å². The molecule has 0 amide bonds. The van der Waals surface area contributed by atoms with E-state index in [1.165, 1.54) is 12.1 Å². The molecule has 0 saturated carbocycles. The van der Waals surface area contributed by atoms with Crippen molar-refractivity contribution >= 4 is 32.6 Å². The van der Waals surface area contributed by atoms with Crippen LogP contribution in [0.4, 0.5) is 11.6 Å². The van der Waals surface area contributed by atoms with E-state index in [1.807, 2.05) is 18.2 Å². The Bertz CT molecular complexity index is 1100. The van der Waals surface area contributed by atoms with Gasteiger partial charge in [-0.3, -0.25) is 0 Å². The summed E-state index contributed by atoms with van der Waals surface area (Å²) in [6.45, 7) is 1.91. The quantitative estimate of drug-likeness (QED) is 0.676. The molecule has 3 N–H and O–H groups in total. The highest BCUT2D eigenvalue weighted by Gasteiger charge is 2.22. The standard InChI is InChI=1S/C19H21N5O3S/c1-24-10-9-15(12-24)27-17-4-2-3-13-11-21-19(23-18(13)17)22-14-5-7-16(8-6-14)28(20,25)26/h2-8,11,15H,9-10,12H2,1H3,(H2,20,25,26)(H,21,22,23)/t15-/m1/s1. The van der Waals surface area contributed by atoms with Crippen LogP contribution in [0.3, 0.4) is 0 Å². The topological polar surface area (TPSA) is 110 Å². The average Bonchev–Trinajstić information content (AvgIpc) is 3.07. The molecule has 1 fully saturated rings. The van der Waals surface area contributed by atoms with Gasteiger partial charge in [-0.05, 0) is 43.8 Å². The van der Waals surface area contributed by atoms with Gasteiger partial charge in [0.2, 0.25) is 16.0 Å². The zero-order valence-electron chi connectivity index (χ0n) is 15.4. The Kier molecular flexibility index (Phi) is 4.88. The molecule has 146 valence electrons. The van der Waals surface area contributed by atoms with Gasteiger partial charge in [0, 0.05) is 30.4 Å². The number of likely N-dealkylation sites (tertiary alicyclic amines) is 1.